The first-order valence-corrected chi connectivity index (χ1v) is 5.31. The smallest absolute Gasteiger partial charge is 0.305 e. The molecule has 0 aromatic heterocycles. The molecule has 0 aromatic carbocycles. The average molecular weight is 214 g/mol. The predicted octanol–water partition coefficient (Wildman–Crippen LogP) is 1.53. The number of carbonyl (C=O) groups excluding carboxylic acids is 2. The van der Waals surface area contributed by atoms with E-state index in [4.69, 9.17) is 0 Å². The predicted molar refractivity (Wildman–Crippen MR) is 54.1 cm³/mol. The molecule has 1 aliphatic rings. The van der Waals surface area contributed by atoms with Crippen molar-refractivity contribution in [3.05, 3.63) is 0 Å². The Morgan fingerprint density at radius 1 is 1.00 bits per heavy atom. The Balaban J connectivity index is 2.42. The summed E-state index contributed by atoms with van der Waals surface area (Å²) in [4.78, 5) is 22.3. The third-order valence-corrected chi connectivity index (χ3v) is 3.13. The maximum absolute atomic E-state index is 11.1. The van der Waals surface area contributed by atoms with Crippen LogP contribution in [0.5, 0.6) is 0 Å². The zero-order valence-corrected chi connectivity index (χ0v) is 9.32. The van der Waals surface area contributed by atoms with Gasteiger partial charge in [-0.3, -0.25) is 9.59 Å². The fourth-order valence-electron chi connectivity index (χ4n) is 2.25. The molecule has 15 heavy (non-hydrogen) atoms. The topological polar surface area (TPSA) is 52.6 Å². The van der Waals surface area contributed by atoms with Crippen LogP contribution in [0.4, 0.5) is 0 Å². The van der Waals surface area contributed by atoms with Crippen molar-refractivity contribution in [2.75, 3.05) is 14.2 Å². The van der Waals surface area contributed by atoms with Crippen LogP contribution >= 0.6 is 0 Å². The van der Waals surface area contributed by atoms with E-state index in [2.05, 4.69) is 9.47 Å². The van der Waals surface area contributed by atoms with Gasteiger partial charge in [0, 0.05) is 12.8 Å². The fraction of sp³-hybridized carbons (Fsp3) is 0.818. The van der Waals surface area contributed by atoms with E-state index in [0.29, 0.717) is 12.8 Å². The van der Waals surface area contributed by atoms with Crippen molar-refractivity contribution < 1.29 is 19.1 Å². The molecule has 86 valence electrons. The van der Waals surface area contributed by atoms with Crippen LogP contribution in [-0.2, 0) is 19.1 Å². The molecule has 2 atom stereocenters. The zero-order valence-electron chi connectivity index (χ0n) is 9.32. The van der Waals surface area contributed by atoms with Gasteiger partial charge < -0.3 is 9.47 Å². The van der Waals surface area contributed by atoms with Gasteiger partial charge in [-0.1, -0.05) is 6.42 Å². The van der Waals surface area contributed by atoms with Crippen LogP contribution in [0.15, 0.2) is 0 Å². The van der Waals surface area contributed by atoms with Crippen LogP contribution in [0, 0.1) is 11.8 Å². The molecule has 0 saturated heterocycles. The van der Waals surface area contributed by atoms with Crippen LogP contribution in [0.25, 0.3) is 0 Å². The summed E-state index contributed by atoms with van der Waals surface area (Å²) in [6.07, 6.45) is 3.97. The minimum atomic E-state index is -0.184. The minimum Gasteiger partial charge on any atom is -0.469 e. The molecule has 4 heteroatoms. The number of esters is 2. The second-order valence-corrected chi connectivity index (χ2v) is 4.01. The van der Waals surface area contributed by atoms with Gasteiger partial charge in [-0.15, -0.1) is 0 Å². The van der Waals surface area contributed by atoms with Crippen molar-refractivity contribution in [3.63, 3.8) is 0 Å². The van der Waals surface area contributed by atoms with E-state index in [9.17, 15) is 9.59 Å². The van der Waals surface area contributed by atoms with Crippen molar-refractivity contribution in [1.82, 2.24) is 0 Å². The second kappa shape index (κ2) is 5.73. The van der Waals surface area contributed by atoms with Crippen molar-refractivity contribution in [2.45, 2.75) is 32.1 Å². The van der Waals surface area contributed by atoms with E-state index in [1.165, 1.54) is 14.2 Å². The highest BCUT2D eigenvalue weighted by molar-refractivity contribution is 5.71. The number of ether oxygens (including phenoxy) is 2. The van der Waals surface area contributed by atoms with Gasteiger partial charge in [0.15, 0.2) is 0 Å². The lowest BCUT2D eigenvalue weighted by atomic mass is 9.90. The number of hydrogen-bond donors (Lipinski definition) is 0. The quantitative estimate of drug-likeness (QED) is 0.666. The van der Waals surface area contributed by atoms with E-state index >= 15 is 0 Å². The summed E-state index contributed by atoms with van der Waals surface area (Å²) in [6, 6.07) is 0. The number of hydrogen-bond acceptors (Lipinski definition) is 4. The number of carbonyl (C=O) groups is 2. The van der Waals surface area contributed by atoms with Crippen molar-refractivity contribution in [1.29, 1.82) is 0 Å². The second-order valence-electron chi connectivity index (χ2n) is 4.01. The molecule has 4 nitrogen and oxygen atoms in total. The molecule has 0 spiro atoms. The van der Waals surface area contributed by atoms with Gasteiger partial charge in [0.1, 0.15) is 0 Å². The first-order valence-electron chi connectivity index (χ1n) is 5.31. The molecular formula is C11H18O4. The first-order chi connectivity index (χ1) is 7.17. The van der Waals surface area contributed by atoms with Gasteiger partial charge in [-0.05, 0) is 24.7 Å². The molecule has 0 radical (unpaired) electrons. The van der Waals surface area contributed by atoms with Gasteiger partial charge in [0.2, 0.25) is 0 Å². The fourth-order valence-corrected chi connectivity index (χ4v) is 2.25. The monoisotopic (exact) mass is 214 g/mol. The molecule has 0 bridgehead atoms. The maximum Gasteiger partial charge on any atom is 0.305 e. The van der Waals surface area contributed by atoms with Crippen molar-refractivity contribution in [3.8, 4) is 0 Å². The highest BCUT2D eigenvalue weighted by atomic mass is 16.5. The van der Waals surface area contributed by atoms with E-state index in [1.54, 1.807) is 0 Å². The van der Waals surface area contributed by atoms with Crippen LogP contribution in [0.1, 0.15) is 32.1 Å². The lowest BCUT2D eigenvalue weighted by Crippen LogP contribution is -2.17. The molecule has 0 aromatic rings. The summed E-state index contributed by atoms with van der Waals surface area (Å²) >= 11 is 0. The first kappa shape index (κ1) is 12.0. The average Bonchev–Trinajstić information content (AvgIpc) is 2.65. The molecule has 1 saturated carbocycles. The summed E-state index contributed by atoms with van der Waals surface area (Å²) < 4.78 is 9.27. The van der Waals surface area contributed by atoms with Crippen LogP contribution < -0.4 is 0 Å². The van der Waals surface area contributed by atoms with Crippen molar-refractivity contribution >= 4 is 11.9 Å². The molecule has 1 rings (SSSR count). The van der Waals surface area contributed by atoms with Crippen LogP contribution in [-0.4, -0.2) is 26.2 Å². The van der Waals surface area contributed by atoms with Crippen LogP contribution in [0.2, 0.25) is 0 Å². The summed E-state index contributed by atoms with van der Waals surface area (Å²) in [5.41, 5.74) is 0. The third-order valence-electron chi connectivity index (χ3n) is 3.13. The summed E-state index contributed by atoms with van der Waals surface area (Å²) in [7, 11) is 2.79. The number of methoxy groups -OCH3 is 2. The Hall–Kier alpha value is -1.06. The van der Waals surface area contributed by atoms with Crippen molar-refractivity contribution in [2.24, 2.45) is 11.8 Å². The van der Waals surface area contributed by atoms with Gasteiger partial charge >= 0.3 is 11.9 Å². The Labute approximate surface area is 89.9 Å². The van der Waals surface area contributed by atoms with E-state index in [-0.39, 0.29) is 23.8 Å². The van der Waals surface area contributed by atoms with Gasteiger partial charge in [0.25, 0.3) is 0 Å². The highest BCUT2D eigenvalue weighted by Crippen LogP contribution is 2.36. The highest BCUT2D eigenvalue weighted by Gasteiger charge is 2.31. The Kier molecular flexibility index (Phi) is 4.59. The van der Waals surface area contributed by atoms with Gasteiger partial charge in [0.05, 0.1) is 14.2 Å². The van der Waals surface area contributed by atoms with E-state index in [0.717, 1.165) is 19.3 Å². The lowest BCUT2D eigenvalue weighted by molar-refractivity contribution is -0.145. The van der Waals surface area contributed by atoms with Gasteiger partial charge in [-0.2, -0.15) is 0 Å². The summed E-state index contributed by atoms with van der Waals surface area (Å²) in [6.45, 7) is 0. The Bertz CT molecular complexity index is 213. The standard InChI is InChI=1S/C11H18O4/c1-14-10(12)6-8-4-3-5-9(8)7-11(13)15-2/h8-9H,3-7H2,1-2H3. The number of rotatable bonds is 4. The molecule has 0 aliphatic heterocycles. The largest absolute Gasteiger partial charge is 0.469 e. The van der Waals surface area contributed by atoms with Gasteiger partial charge in [-0.25, -0.2) is 0 Å². The normalized spacial score (nSPS) is 24.9. The maximum atomic E-state index is 11.1. The Morgan fingerprint density at radius 2 is 1.40 bits per heavy atom. The Morgan fingerprint density at radius 3 is 1.73 bits per heavy atom. The molecule has 1 fully saturated rings. The molecule has 1 aliphatic carbocycles. The minimum absolute atomic E-state index is 0.184. The lowest BCUT2D eigenvalue weighted by Gasteiger charge is -2.16. The summed E-state index contributed by atoms with van der Waals surface area (Å²) in [5, 5.41) is 0. The zero-order chi connectivity index (χ0) is 11.3. The van der Waals surface area contributed by atoms with E-state index in [1.807, 2.05) is 0 Å². The molecule has 0 amide bonds. The summed E-state index contributed by atoms with van der Waals surface area (Å²) in [5.74, 6) is 0.210. The molecular weight excluding hydrogens is 196 g/mol. The SMILES string of the molecule is COC(=O)CC1CCCC1CC(=O)OC. The third kappa shape index (κ3) is 3.53. The van der Waals surface area contributed by atoms with E-state index < -0.39 is 0 Å². The van der Waals surface area contributed by atoms with Crippen LogP contribution in [0.3, 0.4) is 0 Å². The molecule has 0 heterocycles. The molecule has 0 N–H and O–H groups in total. The molecule has 2 unspecified atom stereocenters.